The Labute approximate surface area is 109 Å². The van der Waals surface area contributed by atoms with E-state index in [1.54, 1.807) is 7.11 Å². The number of hydrogen-bond acceptors (Lipinski definition) is 3. The second-order valence-corrected chi connectivity index (χ2v) is 5.62. The van der Waals surface area contributed by atoms with Gasteiger partial charge in [-0.3, -0.25) is 0 Å². The zero-order valence-corrected chi connectivity index (χ0v) is 11.5. The van der Waals surface area contributed by atoms with Crippen LogP contribution in [0.5, 0.6) is 5.75 Å². The van der Waals surface area contributed by atoms with Crippen LogP contribution in [0.4, 0.5) is 0 Å². The second kappa shape index (κ2) is 4.90. The van der Waals surface area contributed by atoms with Crippen molar-refractivity contribution in [3.63, 3.8) is 0 Å². The molecule has 3 heteroatoms. The van der Waals surface area contributed by atoms with Crippen molar-refractivity contribution < 1.29 is 9.84 Å². The predicted octanol–water partition coefficient (Wildman–Crippen LogP) is 2.09. The topological polar surface area (TPSA) is 41.5 Å². The fourth-order valence-corrected chi connectivity index (χ4v) is 3.03. The van der Waals surface area contributed by atoms with Gasteiger partial charge in [0.2, 0.25) is 0 Å². The van der Waals surface area contributed by atoms with E-state index in [9.17, 15) is 5.11 Å². The van der Waals surface area contributed by atoms with E-state index < -0.39 is 5.60 Å². The Kier molecular flexibility index (Phi) is 3.64. The van der Waals surface area contributed by atoms with Crippen LogP contribution >= 0.6 is 0 Å². The summed E-state index contributed by atoms with van der Waals surface area (Å²) in [6.45, 7) is 5.72. The van der Waals surface area contributed by atoms with Gasteiger partial charge in [-0.15, -0.1) is 0 Å². The molecule has 1 aromatic carbocycles. The van der Waals surface area contributed by atoms with Crippen LogP contribution < -0.4 is 10.1 Å². The highest BCUT2D eigenvalue weighted by Crippen LogP contribution is 2.43. The molecule has 0 aliphatic carbocycles. The molecule has 2 rings (SSSR count). The van der Waals surface area contributed by atoms with Crippen molar-refractivity contribution in [3.8, 4) is 5.75 Å². The fourth-order valence-electron chi connectivity index (χ4n) is 3.03. The van der Waals surface area contributed by atoms with Crippen molar-refractivity contribution >= 4 is 0 Å². The van der Waals surface area contributed by atoms with Crippen LogP contribution in [-0.4, -0.2) is 30.9 Å². The molecule has 1 saturated heterocycles. The largest absolute Gasteiger partial charge is 0.497 e. The van der Waals surface area contributed by atoms with E-state index in [1.807, 2.05) is 26.0 Å². The summed E-state index contributed by atoms with van der Waals surface area (Å²) >= 11 is 0. The SMILES string of the molecule is COc1cccc(C2(C(C)(C)O)CCNCC2)c1. The average molecular weight is 249 g/mol. The third-order valence-electron chi connectivity index (χ3n) is 4.25. The third kappa shape index (κ3) is 2.25. The van der Waals surface area contributed by atoms with Gasteiger partial charge in [0, 0.05) is 5.41 Å². The van der Waals surface area contributed by atoms with Crippen molar-refractivity contribution in [1.82, 2.24) is 5.32 Å². The zero-order chi connectivity index (χ0) is 13.2. The van der Waals surface area contributed by atoms with E-state index >= 15 is 0 Å². The van der Waals surface area contributed by atoms with Gasteiger partial charge in [-0.2, -0.15) is 0 Å². The number of aliphatic hydroxyl groups is 1. The Hall–Kier alpha value is -1.06. The number of rotatable bonds is 3. The fraction of sp³-hybridized carbons (Fsp3) is 0.600. The van der Waals surface area contributed by atoms with E-state index in [0.29, 0.717) is 0 Å². The number of nitrogens with one attached hydrogen (secondary N) is 1. The second-order valence-electron chi connectivity index (χ2n) is 5.62. The van der Waals surface area contributed by atoms with Crippen molar-refractivity contribution in [2.45, 2.75) is 37.7 Å². The van der Waals surface area contributed by atoms with Gasteiger partial charge >= 0.3 is 0 Å². The number of methoxy groups -OCH3 is 1. The summed E-state index contributed by atoms with van der Waals surface area (Å²) in [7, 11) is 1.68. The molecule has 18 heavy (non-hydrogen) atoms. The highest BCUT2D eigenvalue weighted by atomic mass is 16.5. The lowest BCUT2D eigenvalue weighted by Crippen LogP contribution is -2.53. The Balaban J connectivity index is 2.45. The first-order chi connectivity index (χ1) is 8.49. The van der Waals surface area contributed by atoms with Crippen LogP contribution in [0.15, 0.2) is 24.3 Å². The molecule has 100 valence electrons. The van der Waals surface area contributed by atoms with Gasteiger partial charge in [0.1, 0.15) is 5.75 Å². The maximum absolute atomic E-state index is 10.6. The van der Waals surface area contributed by atoms with E-state index in [-0.39, 0.29) is 5.41 Å². The van der Waals surface area contributed by atoms with Crippen molar-refractivity contribution in [2.24, 2.45) is 0 Å². The van der Waals surface area contributed by atoms with Crippen molar-refractivity contribution in [1.29, 1.82) is 0 Å². The molecule has 0 spiro atoms. The van der Waals surface area contributed by atoms with Crippen LogP contribution in [0, 0.1) is 0 Å². The highest BCUT2D eigenvalue weighted by molar-refractivity contribution is 5.36. The third-order valence-corrected chi connectivity index (χ3v) is 4.25. The van der Waals surface area contributed by atoms with Gasteiger partial charge in [0.15, 0.2) is 0 Å². The summed E-state index contributed by atoms with van der Waals surface area (Å²) < 4.78 is 5.31. The van der Waals surface area contributed by atoms with Gasteiger partial charge in [0.05, 0.1) is 12.7 Å². The minimum atomic E-state index is -0.735. The lowest BCUT2D eigenvalue weighted by molar-refractivity contribution is -0.0230. The van der Waals surface area contributed by atoms with Crippen LogP contribution in [0.2, 0.25) is 0 Å². The maximum atomic E-state index is 10.6. The summed E-state index contributed by atoms with van der Waals surface area (Å²) in [5.41, 5.74) is 0.254. The molecule has 0 bridgehead atoms. The first-order valence-corrected chi connectivity index (χ1v) is 6.57. The summed E-state index contributed by atoms with van der Waals surface area (Å²) in [5.74, 6) is 0.856. The highest BCUT2D eigenvalue weighted by Gasteiger charge is 2.45. The van der Waals surface area contributed by atoms with E-state index in [2.05, 4.69) is 17.4 Å². The lowest BCUT2D eigenvalue weighted by atomic mass is 9.63. The lowest BCUT2D eigenvalue weighted by Gasteiger charge is -2.47. The van der Waals surface area contributed by atoms with E-state index in [1.165, 1.54) is 5.56 Å². The van der Waals surface area contributed by atoms with Crippen molar-refractivity contribution in [2.75, 3.05) is 20.2 Å². The maximum Gasteiger partial charge on any atom is 0.119 e. The van der Waals surface area contributed by atoms with Crippen LogP contribution in [0.25, 0.3) is 0 Å². The predicted molar refractivity (Wildman–Crippen MR) is 73.1 cm³/mol. The van der Waals surface area contributed by atoms with Crippen LogP contribution in [0.3, 0.4) is 0 Å². The average Bonchev–Trinajstić information content (AvgIpc) is 2.38. The molecule has 1 fully saturated rings. The first-order valence-electron chi connectivity index (χ1n) is 6.57. The molecule has 1 aliphatic heterocycles. The Morgan fingerprint density at radius 3 is 2.50 bits per heavy atom. The van der Waals surface area contributed by atoms with E-state index in [0.717, 1.165) is 31.7 Å². The van der Waals surface area contributed by atoms with E-state index in [4.69, 9.17) is 4.74 Å². The van der Waals surface area contributed by atoms with Gasteiger partial charge in [-0.1, -0.05) is 12.1 Å². The molecule has 2 N–H and O–H groups in total. The molecule has 0 aromatic heterocycles. The van der Waals surface area contributed by atoms with Crippen LogP contribution in [0.1, 0.15) is 32.3 Å². The van der Waals surface area contributed by atoms with Crippen molar-refractivity contribution in [3.05, 3.63) is 29.8 Å². The molecule has 1 aromatic rings. The smallest absolute Gasteiger partial charge is 0.119 e. The minimum Gasteiger partial charge on any atom is -0.497 e. The molecule has 0 radical (unpaired) electrons. The number of hydrogen-bond donors (Lipinski definition) is 2. The molecular formula is C15H23NO2. The minimum absolute atomic E-state index is 0.188. The van der Waals surface area contributed by atoms with Gasteiger partial charge in [-0.25, -0.2) is 0 Å². The molecule has 0 amide bonds. The molecule has 1 aliphatic rings. The molecule has 0 atom stereocenters. The number of ether oxygens (including phenoxy) is 1. The van der Waals surface area contributed by atoms with Gasteiger partial charge < -0.3 is 15.2 Å². The molecule has 3 nitrogen and oxygen atoms in total. The number of benzene rings is 1. The summed E-state index contributed by atoms with van der Waals surface area (Å²) in [4.78, 5) is 0. The summed E-state index contributed by atoms with van der Waals surface area (Å²) in [6, 6.07) is 8.11. The summed E-state index contributed by atoms with van der Waals surface area (Å²) in [6.07, 6.45) is 1.90. The van der Waals surface area contributed by atoms with Crippen LogP contribution in [-0.2, 0) is 5.41 Å². The Bertz CT molecular complexity index is 403. The molecule has 1 heterocycles. The van der Waals surface area contributed by atoms with Gasteiger partial charge in [-0.05, 0) is 57.5 Å². The number of piperidine rings is 1. The summed E-state index contributed by atoms with van der Waals surface area (Å²) in [5, 5.41) is 14.0. The standard InChI is InChI=1S/C15H23NO2/c1-14(2,17)15(7-9-16-10-8-15)12-5-4-6-13(11-12)18-3/h4-6,11,16-17H,7-10H2,1-3H3. The zero-order valence-electron chi connectivity index (χ0n) is 11.5. The Morgan fingerprint density at radius 2 is 1.94 bits per heavy atom. The first kappa shape index (κ1) is 13.4. The normalized spacial score (nSPS) is 19.6. The monoisotopic (exact) mass is 249 g/mol. The molecule has 0 saturated carbocycles. The quantitative estimate of drug-likeness (QED) is 0.862. The van der Waals surface area contributed by atoms with Gasteiger partial charge in [0.25, 0.3) is 0 Å². The molecular weight excluding hydrogens is 226 g/mol. The Morgan fingerprint density at radius 1 is 1.28 bits per heavy atom. The molecule has 0 unspecified atom stereocenters.